The Morgan fingerprint density at radius 1 is 1.67 bits per heavy atom. The number of hydrogen-bond donors (Lipinski definition) is 2. The van der Waals surface area contributed by atoms with E-state index < -0.39 is 0 Å². The summed E-state index contributed by atoms with van der Waals surface area (Å²) >= 11 is 10.6. The Balaban J connectivity index is 3.27. The molecular weight excluding hydrogens is 272 g/mol. The van der Waals surface area contributed by atoms with Gasteiger partial charge in [-0.3, -0.25) is 0 Å². The zero-order chi connectivity index (χ0) is 13.7. The molecule has 1 aromatic rings. The summed E-state index contributed by atoms with van der Waals surface area (Å²) in [5.74, 6) is 0.112. The lowest BCUT2D eigenvalue weighted by Crippen LogP contribution is -2.09. The van der Waals surface area contributed by atoms with Crippen LogP contribution >= 0.6 is 23.8 Å². The molecule has 18 heavy (non-hydrogen) atoms. The van der Waals surface area contributed by atoms with Gasteiger partial charge in [0.15, 0.2) is 11.5 Å². The number of aromatic hydroxyl groups is 1. The Bertz CT molecular complexity index is 550. The van der Waals surface area contributed by atoms with Crippen molar-refractivity contribution >= 4 is 34.9 Å². The van der Waals surface area contributed by atoms with Crippen LogP contribution in [0.3, 0.4) is 0 Å². The van der Waals surface area contributed by atoms with E-state index in [0.29, 0.717) is 12.2 Å². The molecule has 0 saturated heterocycles. The molecule has 0 bridgehead atoms. The van der Waals surface area contributed by atoms with E-state index in [1.54, 1.807) is 13.0 Å². The number of halogens is 1. The van der Waals surface area contributed by atoms with Crippen LogP contribution in [0.15, 0.2) is 17.7 Å². The van der Waals surface area contributed by atoms with Crippen LogP contribution in [-0.4, -0.2) is 16.7 Å². The van der Waals surface area contributed by atoms with Crippen LogP contribution in [0.4, 0.5) is 0 Å². The number of phenols is 1. The molecule has 1 aromatic carbocycles. The van der Waals surface area contributed by atoms with Gasteiger partial charge < -0.3 is 15.6 Å². The molecule has 6 heteroatoms. The molecule has 0 aliphatic carbocycles. The van der Waals surface area contributed by atoms with Crippen LogP contribution in [-0.2, 0) is 0 Å². The second-order valence-corrected chi connectivity index (χ2v) is 4.16. The van der Waals surface area contributed by atoms with E-state index in [1.165, 1.54) is 12.1 Å². The van der Waals surface area contributed by atoms with E-state index in [2.05, 4.69) is 0 Å². The van der Waals surface area contributed by atoms with Crippen LogP contribution in [0.2, 0.25) is 5.02 Å². The van der Waals surface area contributed by atoms with Crippen molar-refractivity contribution in [3.8, 4) is 17.6 Å². The Morgan fingerprint density at radius 2 is 2.33 bits per heavy atom. The fourth-order valence-electron chi connectivity index (χ4n) is 1.27. The number of phenolic OH excluding ortho intramolecular Hbond substituents is 1. The van der Waals surface area contributed by atoms with Gasteiger partial charge in [-0.2, -0.15) is 5.26 Å². The number of nitrogens with two attached hydrogens (primary N) is 1. The number of rotatable bonds is 4. The van der Waals surface area contributed by atoms with E-state index in [0.717, 1.165) is 0 Å². The maximum absolute atomic E-state index is 9.66. The quantitative estimate of drug-likeness (QED) is 0.504. The third-order valence-electron chi connectivity index (χ3n) is 2.05. The molecule has 0 aromatic heterocycles. The lowest BCUT2D eigenvalue weighted by Gasteiger charge is -2.08. The average Bonchev–Trinajstić information content (AvgIpc) is 2.32. The minimum atomic E-state index is -0.135. The molecule has 0 heterocycles. The van der Waals surface area contributed by atoms with Crippen LogP contribution in [0.25, 0.3) is 6.08 Å². The Kier molecular flexibility index (Phi) is 4.95. The molecule has 94 valence electrons. The summed E-state index contributed by atoms with van der Waals surface area (Å²) in [5.41, 5.74) is 6.12. The molecule has 0 amide bonds. The highest BCUT2D eigenvalue weighted by molar-refractivity contribution is 7.80. The third kappa shape index (κ3) is 3.36. The van der Waals surface area contributed by atoms with Gasteiger partial charge in [-0.1, -0.05) is 23.8 Å². The first-order valence-electron chi connectivity index (χ1n) is 5.06. The number of nitriles is 1. The van der Waals surface area contributed by atoms with Gasteiger partial charge in [-0.15, -0.1) is 0 Å². The third-order valence-corrected chi connectivity index (χ3v) is 2.56. The maximum atomic E-state index is 9.66. The van der Waals surface area contributed by atoms with Crippen molar-refractivity contribution in [3.05, 3.63) is 28.3 Å². The predicted octanol–water partition coefficient (Wildman–Crippen LogP) is 2.64. The van der Waals surface area contributed by atoms with Gasteiger partial charge in [-0.25, -0.2) is 0 Å². The van der Waals surface area contributed by atoms with Crippen LogP contribution in [0, 0.1) is 11.3 Å². The van der Waals surface area contributed by atoms with Crippen molar-refractivity contribution in [3.63, 3.8) is 0 Å². The molecule has 0 saturated carbocycles. The molecule has 0 spiro atoms. The zero-order valence-electron chi connectivity index (χ0n) is 9.61. The SMILES string of the molecule is CCOc1cc(/C=C(/C#N)C(N)=S)cc(Cl)c1O. The number of ether oxygens (including phenoxy) is 1. The molecule has 0 atom stereocenters. The summed E-state index contributed by atoms with van der Waals surface area (Å²) in [6, 6.07) is 4.93. The standard InChI is InChI=1S/C12H11ClN2O2S/c1-2-17-10-5-7(4-9(13)11(10)16)3-8(6-14)12(15)18/h3-5,16H,2H2,1H3,(H2,15,18)/b8-3-. The first-order chi connectivity index (χ1) is 8.49. The minimum absolute atomic E-state index is 0.000317. The van der Waals surface area contributed by atoms with Crippen molar-refractivity contribution in [2.75, 3.05) is 6.61 Å². The number of nitrogens with zero attached hydrogens (tertiary/aromatic N) is 1. The second-order valence-electron chi connectivity index (χ2n) is 3.32. The molecule has 3 N–H and O–H groups in total. The smallest absolute Gasteiger partial charge is 0.176 e. The van der Waals surface area contributed by atoms with Crippen molar-refractivity contribution in [2.24, 2.45) is 5.73 Å². The van der Waals surface area contributed by atoms with E-state index >= 15 is 0 Å². The van der Waals surface area contributed by atoms with Crippen molar-refractivity contribution in [2.45, 2.75) is 6.92 Å². The molecular formula is C12H11ClN2O2S. The largest absolute Gasteiger partial charge is 0.503 e. The summed E-state index contributed by atoms with van der Waals surface area (Å²) in [4.78, 5) is -0.000317. The van der Waals surface area contributed by atoms with Gasteiger partial charge in [0, 0.05) is 0 Å². The van der Waals surface area contributed by atoms with E-state index in [1.807, 2.05) is 6.07 Å². The number of thiocarbonyl (C=S) groups is 1. The highest BCUT2D eigenvalue weighted by Gasteiger charge is 2.09. The lowest BCUT2D eigenvalue weighted by molar-refractivity contribution is 0.318. The first kappa shape index (κ1) is 14.3. The van der Waals surface area contributed by atoms with Gasteiger partial charge in [-0.05, 0) is 30.7 Å². The van der Waals surface area contributed by atoms with Crippen molar-refractivity contribution in [1.82, 2.24) is 0 Å². The maximum Gasteiger partial charge on any atom is 0.176 e. The second kappa shape index (κ2) is 6.24. The Morgan fingerprint density at radius 3 is 2.83 bits per heavy atom. The normalized spacial score (nSPS) is 10.8. The van der Waals surface area contributed by atoms with E-state index in [9.17, 15) is 5.11 Å². The minimum Gasteiger partial charge on any atom is -0.503 e. The van der Waals surface area contributed by atoms with Gasteiger partial charge >= 0.3 is 0 Å². The molecule has 4 nitrogen and oxygen atoms in total. The average molecular weight is 283 g/mol. The molecule has 0 fully saturated rings. The van der Waals surface area contributed by atoms with Gasteiger partial charge in [0.2, 0.25) is 0 Å². The summed E-state index contributed by atoms with van der Waals surface area (Å²) < 4.78 is 5.22. The van der Waals surface area contributed by atoms with E-state index in [4.69, 9.17) is 39.6 Å². The fraction of sp³-hybridized carbons (Fsp3) is 0.167. The first-order valence-corrected chi connectivity index (χ1v) is 5.85. The molecule has 0 aliphatic rings. The van der Waals surface area contributed by atoms with Gasteiger partial charge in [0.25, 0.3) is 0 Å². The van der Waals surface area contributed by atoms with Gasteiger partial charge in [0.05, 0.1) is 17.2 Å². The summed E-state index contributed by atoms with van der Waals surface area (Å²) in [7, 11) is 0. The van der Waals surface area contributed by atoms with Crippen LogP contribution in [0.5, 0.6) is 11.5 Å². The summed E-state index contributed by atoms with van der Waals surface area (Å²) in [6.45, 7) is 2.17. The summed E-state index contributed by atoms with van der Waals surface area (Å²) in [5, 5.41) is 18.6. The highest BCUT2D eigenvalue weighted by Crippen LogP contribution is 2.35. The topological polar surface area (TPSA) is 79.3 Å². The van der Waals surface area contributed by atoms with Crippen LogP contribution in [0.1, 0.15) is 12.5 Å². The number of benzene rings is 1. The molecule has 1 rings (SSSR count). The van der Waals surface area contributed by atoms with E-state index in [-0.39, 0.29) is 27.1 Å². The van der Waals surface area contributed by atoms with Crippen molar-refractivity contribution in [1.29, 1.82) is 5.26 Å². The highest BCUT2D eigenvalue weighted by atomic mass is 35.5. The molecule has 0 radical (unpaired) electrons. The summed E-state index contributed by atoms with van der Waals surface area (Å²) in [6.07, 6.45) is 1.48. The zero-order valence-corrected chi connectivity index (χ0v) is 11.2. The molecule has 0 unspecified atom stereocenters. The monoisotopic (exact) mass is 282 g/mol. The fourth-order valence-corrected chi connectivity index (χ4v) is 1.59. The Labute approximate surface area is 115 Å². The lowest BCUT2D eigenvalue weighted by atomic mass is 10.1. The van der Waals surface area contributed by atoms with Crippen LogP contribution < -0.4 is 10.5 Å². The Hall–Kier alpha value is -1.77. The van der Waals surface area contributed by atoms with Crippen molar-refractivity contribution < 1.29 is 9.84 Å². The van der Waals surface area contributed by atoms with Gasteiger partial charge in [0.1, 0.15) is 11.1 Å². The molecule has 0 aliphatic heterocycles. The number of hydrogen-bond acceptors (Lipinski definition) is 4. The predicted molar refractivity (Wildman–Crippen MR) is 74.7 cm³/mol.